The first-order valence-corrected chi connectivity index (χ1v) is 10.2. The predicted molar refractivity (Wildman–Crippen MR) is 108 cm³/mol. The number of anilines is 1. The first kappa shape index (κ1) is 20.5. The molecule has 1 aliphatic heterocycles. The van der Waals surface area contributed by atoms with Crippen LogP contribution in [0.15, 0.2) is 18.2 Å². The van der Waals surface area contributed by atoms with E-state index in [0.717, 1.165) is 68.7 Å². The zero-order valence-electron chi connectivity index (χ0n) is 15.2. The molecule has 5 nitrogen and oxygen atoms in total. The van der Waals surface area contributed by atoms with Crippen molar-refractivity contribution in [2.75, 3.05) is 44.3 Å². The van der Waals surface area contributed by atoms with Gasteiger partial charge < -0.3 is 4.74 Å². The fraction of sp³-hybridized carbons (Fsp3) is 0.579. The number of hydrogen-bond acceptors (Lipinski definition) is 5. The minimum Gasteiger partial charge on any atom is -0.379 e. The maximum absolute atomic E-state index is 13.5. The van der Waals surface area contributed by atoms with E-state index in [2.05, 4.69) is 9.88 Å². The number of morpholine rings is 1. The Morgan fingerprint density at radius 2 is 2.11 bits per heavy atom. The van der Waals surface area contributed by atoms with Gasteiger partial charge in [0, 0.05) is 32.1 Å². The van der Waals surface area contributed by atoms with Crippen molar-refractivity contribution in [1.29, 1.82) is 0 Å². The lowest BCUT2D eigenvalue weighted by molar-refractivity contribution is -0.124. The molecule has 1 aromatic heterocycles. The highest BCUT2D eigenvalue weighted by Crippen LogP contribution is 2.34. The van der Waals surface area contributed by atoms with Crippen molar-refractivity contribution in [1.82, 2.24) is 9.88 Å². The minimum atomic E-state index is -0.267. The van der Waals surface area contributed by atoms with Crippen molar-refractivity contribution in [2.45, 2.75) is 25.7 Å². The summed E-state index contributed by atoms with van der Waals surface area (Å²) < 4.78 is 19.7. The maximum atomic E-state index is 13.5. The third kappa shape index (κ3) is 4.77. The molecule has 1 amide bonds. The van der Waals surface area contributed by atoms with Crippen molar-refractivity contribution in [3.63, 3.8) is 0 Å². The van der Waals surface area contributed by atoms with Gasteiger partial charge >= 0.3 is 0 Å². The molecular weight excluding hydrogens is 389 g/mol. The lowest BCUT2D eigenvalue weighted by Gasteiger charge is -2.31. The van der Waals surface area contributed by atoms with Crippen LogP contribution in [-0.2, 0) is 9.53 Å². The molecule has 0 atom stereocenters. The average molecular weight is 414 g/mol. The molecule has 148 valence electrons. The number of benzene rings is 1. The van der Waals surface area contributed by atoms with E-state index in [1.165, 1.54) is 23.5 Å². The molecule has 8 heteroatoms. The van der Waals surface area contributed by atoms with Crippen molar-refractivity contribution in [3.05, 3.63) is 24.0 Å². The molecule has 2 fully saturated rings. The summed E-state index contributed by atoms with van der Waals surface area (Å²) in [4.78, 5) is 21.8. The Balaban J connectivity index is 0.00000210. The zero-order valence-corrected chi connectivity index (χ0v) is 16.9. The number of amides is 1. The van der Waals surface area contributed by atoms with Crippen LogP contribution < -0.4 is 4.90 Å². The van der Waals surface area contributed by atoms with E-state index < -0.39 is 0 Å². The predicted octanol–water partition coefficient (Wildman–Crippen LogP) is 3.71. The zero-order chi connectivity index (χ0) is 17.9. The molecule has 1 saturated heterocycles. The first-order chi connectivity index (χ1) is 12.7. The SMILES string of the molecule is Cl.O=C(C1CCC1)N(CCCN1CCOCC1)c1nc2ccc(F)cc2s1. The Morgan fingerprint density at radius 3 is 2.81 bits per heavy atom. The smallest absolute Gasteiger partial charge is 0.231 e. The second-order valence-electron chi connectivity index (χ2n) is 7.03. The van der Waals surface area contributed by atoms with Crippen molar-refractivity contribution >= 4 is 45.0 Å². The van der Waals surface area contributed by atoms with Crippen LogP contribution in [0.5, 0.6) is 0 Å². The number of nitrogens with zero attached hydrogens (tertiary/aromatic N) is 3. The Hall–Kier alpha value is -1.28. The molecule has 2 aromatic rings. The van der Waals surface area contributed by atoms with Crippen LogP contribution in [0, 0.1) is 11.7 Å². The molecule has 27 heavy (non-hydrogen) atoms. The molecule has 1 aromatic carbocycles. The van der Waals surface area contributed by atoms with Gasteiger partial charge in [0.15, 0.2) is 5.13 Å². The fourth-order valence-electron chi connectivity index (χ4n) is 3.45. The summed E-state index contributed by atoms with van der Waals surface area (Å²) in [6.45, 7) is 5.10. The number of ether oxygens (including phenoxy) is 1. The van der Waals surface area contributed by atoms with Crippen LogP contribution >= 0.6 is 23.7 Å². The first-order valence-electron chi connectivity index (χ1n) is 9.38. The Bertz CT molecular complexity index is 777. The second-order valence-corrected chi connectivity index (χ2v) is 8.04. The third-order valence-corrected chi connectivity index (χ3v) is 6.29. The number of hydrogen-bond donors (Lipinski definition) is 0. The standard InChI is InChI=1S/C19H24FN3O2S.ClH/c20-15-5-6-16-17(13-15)26-19(21-16)23(18(24)14-3-1-4-14)8-2-7-22-9-11-25-12-10-22;/h5-6,13-14H,1-4,7-12H2;1H. The second kappa shape index (κ2) is 9.28. The fourth-order valence-corrected chi connectivity index (χ4v) is 4.48. The summed E-state index contributed by atoms with van der Waals surface area (Å²) in [5.74, 6) is 0.0387. The van der Waals surface area contributed by atoms with Gasteiger partial charge in [-0.3, -0.25) is 14.6 Å². The largest absolute Gasteiger partial charge is 0.379 e. The topological polar surface area (TPSA) is 45.7 Å². The lowest BCUT2D eigenvalue weighted by atomic mass is 9.84. The number of thiazole rings is 1. The van der Waals surface area contributed by atoms with Crippen molar-refractivity contribution < 1.29 is 13.9 Å². The van der Waals surface area contributed by atoms with Gasteiger partial charge in [-0.1, -0.05) is 17.8 Å². The van der Waals surface area contributed by atoms with Gasteiger partial charge in [-0.15, -0.1) is 12.4 Å². The molecule has 2 aliphatic rings. The minimum absolute atomic E-state index is 0. The van der Waals surface area contributed by atoms with E-state index in [4.69, 9.17) is 4.74 Å². The van der Waals surface area contributed by atoms with Crippen LogP contribution in [0.25, 0.3) is 10.2 Å². The van der Waals surface area contributed by atoms with Gasteiger partial charge in [0.05, 0.1) is 23.4 Å². The quantitative estimate of drug-likeness (QED) is 0.724. The van der Waals surface area contributed by atoms with Gasteiger partial charge in [-0.2, -0.15) is 0 Å². The molecule has 0 bridgehead atoms. The number of fused-ring (bicyclic) bond motifs is 1. The van der Waals surface area contributed by atoms with E-state index in [0.29, 0.717) is 11.7 Å². The lowest BCUT2D eigenvalue weighted by Crippen LogP contribution is -2.42. The molecule has 0 spiro atoms. The van der Waals surface area contributed by atoms with Gasteiger partial charge in [0.2, 0.25) is 5.91 Å². The molecular formula is C19H25ClFN3O2S. The molecule has 4 rings (SSSR count). The van der Waals surface area contributed by atoms with Crippen LogP contribution in [0.3, 0.4) is 0 Å². The normalized spacial score (nSPS) is 18.1. The van der Waals surface area contributed by atoms with Gasteiger partial charge in [-0.25, -0.2) is 9.37 Å². The monoisotopic (exact) mass is 413 g/mol. The van der Waals surface area contributed by atoms with E-state index in [1.807, 2.05) is 4.90 Å². The number of halogens is 2. The van der Waals surface area contributed by atoms with Crippen LogP contribution in [0.4, 0.5) is 9.52 Å². The highest BCUT2D eigenvalue weighted by Gasteiger charge is 2.31. The summed E-state index contributed by atoms with van der Waals surface area (Å²) in [5, 5.41) is 0.699. The average Bonchev–Trinajstić information content (AvgIpc) is 3.00. The number of aromatic nitrogens is 1. The molecule has 1 aliphatic carbocycles. The van der Waals surface area contributed by atoms with E-state index in [-0.39, 0.29) is 30.0 Å². The molecule has 0 N–H and O–H groups in total. The Morgan fingerprint density at radius 1 is 1.33 bits per heavy atom. The van der Waals surface area contributed by atoms with Crippen LogP contribution in [-0.4, -0.2) is 55.2 Å². The van der Waals surface area contributed by atoms with Crippen LogP contribution in [0.1, 0.15) is 25.7 Å². The summed E-state index contributed by atoms with van der Waals surface area (Å²) in [7, 11) is 0. The summed E-state index contributed by atoms with van der Waals surface area (Å²) >= 11 is 1.41. The van der Waals surface area contributed by atoms with E-state index in [9.17, 15) is 9.18 Å². The highest BCUT2D eigenvalue weighted by molar-refractivity contribution is 7.22. The van der Waals surface area contributed by atoms with E-state index in [1.54, 1.807) is 6.07 Å². The maximum Gasteiger partial charge on any atom is 0.231 e. The molecule has 0 unspecified atom stereocenters. The third-order valence-electron chi connectivity index (χ3n) is 5.25. The van der Waals surface area contributed by atoms with Crippen molar-refractivity contribution in [2.24, 2.45) is 5.92 Å². The van der Waals surface area contributed by atoms with Crippen molar-refractivity contribution in [3.8, 4) is 0 Å². The molecule has 1 saturated carbocycles. The highest BCUT2D eigenvalue weighted by atomic mass is 35.5. The van der Waals surface area contributed by atoms with Gasteiger partial charge in [0.25, 0.3) is 0 Å². The Kier molecular flexibility index (Phi) is 7.03. The van der Waals surface area contributed by atoms with E-state index >= 15 is 0 Å². The summed E-state index contributed by atoms with van der Waals surface area (Å²) in [6, 6.07) is 4.60. The van der Waals surface area contributed by atoms with Crippen LogP contribution in [0.2, 0.25) is 0 Å². The van der Waals surface area contributed by atoms with Gasteiger partial charge in [0.1, 0.15) is 5.82 Å². The molecule has 2 heterocycles. The number of carbonyl (C=O) groups excluding carboxylic acids is 1. The Labute approximate surface area is 168 Å². The number of carbonyl (C=O) groups is 1. The summed E-state index contributed by atoms with van der Waals surface area (Å²) in [5.41, 5.74) is 0.756. The van der Waals surface area contributed by atoms with Gasteiger partial charge in [-0.05, 0) is 37.5 Å². The number of rotatable bonds is 6. The summed E-state index contributed by atoms with van der Waals surface area (Å²) in [6.07, 6.45) is 3.97. The molecule has 0 radical (unpaired) electrons.